The molecule has 1 amide bonds. The third-order valence-corrected chi connectivity index (χ3v) is 5.03. The van der Waals surface area contributed by atoms with Gasteiger partial charge < -0.3 is 10.2 Å². The van der Waals surface area contributed by atoms with E-state index in [0.717, 1.165) is 31.9 Å². The first-order chi connectivity index (χ1) is 12.4. The van der Waals surface area contributed by atoms with E-state index in [9.17, 15) is 4.79 Å². The van der Waals surface area contributed by atoms with Crippen LogP contribution < -0.4 is 5.32 Å². The molecule has 2 heterocycles. The van der Waals surface area contributed by atoms with Crippen LogP contribution in [0.2, 0.25) is 0 Å². The van der Waals surface area contributed by atoms with Crippen molar-refractivity contribution in [2.75, 3.05) is 33.7 Å². The number of nitrogens with one attached hydrogen (secondary N) is 1. The van der Waals surface area contributed by atoms with E-state index in [-0.39, 0.29) is 11.9 Å². The van der Waals surface area contributed by atoms with Crippen molar-refractivity contribution in [1.29, 1.82) is 0 Å². The van der Waals surface area contributed by atoms with Crippen LogP contribution >= 0.6 is 0 Å². The first-order valence-electron chi connectivity index (χ1n) is 9.15. The number of likely N-dealkylation sites (tertiary alicyclic amines) is 1. The van der Waals surface area contributed by atoms with Gasteiger partial charge in [-0.2, -0.15) is 5.10 Å². The monoisotopic (exact) mass is 355 g/mol. The summed E-state index contributed by atoms with van der Waals surface area (Å²) in [5.41, 5.74) is 2.79. The van der Waals surface area contributed by atoms with E-state index in [0.29, 0.717) is 11.6 Å². The van der Waals surface area contributed by atoms with Gasteiger partial charge in [-0.05, 0) is 32.6 Å². The van der Waals surface area contributed by atoms with E-state index in [1.165, 1.54) is 5.56 Å². The lowest BCUT2D eigenvalue weighted by atomic mass is 10.0. The fourth-order valence-corrected chi connectivity index (χ4v) is 3.66. The lowest BCUT2D eigenvalue weighted by Crippen LogP contribution is -2.43. The topological polar surface area (TPSA) is 53.4 Å². The van der Waals surface area contributed by atoms with Crippen LogP contribution in [0.3, 0.4) is 0 Å². The quantitative estimate of drug-likeness (QED) is 0.854. The Morgan fingerprint density at radius 2 is 2.00 bits per heavy atom. The molecule has 26 heavy (non-hydrogen) atoms. The van der Waals surface area contributed by atoms with Crippen LogP contribution in [0.5, 0.6) is 0 Å². The Balaban J connectivity index is 1.67. The Morgan fingerprint density at radius 1 is 1.27 bits per heavy atom. The summed E-state index contributed by atoms with van der Waals surface area (Å²) in [6, 6.07) is 12.5. The number of hydrogen-bond donors (Lipinski definition) is 1. The second-order valence-corrected chi connectivity index (χ2v) is 7.58. The van der Waals surface area contributed by atoms with Crippen molar-refractivity contribution >= 4 is 5.91 Å². The van der Waals surface area contributed by atoms with E-state index in [1.807, 2.05) is 26.1 Å². The second-order valence-electron chi connectivity index (χ2n) is 7.58. The fraction of sp³-hybridized carbons (Fsp3) is 0.500. The SMILES string of the molecule is Cc1cc(C(=O)N[C@@H]2CN(Cc3ccccc3)C[C@H]2CN(C)C)nn1C. The summed E-state index contributed by atoms with van der Waals surface area (Å²) < 4.78 is 1.74. The third-order valence-electron chi connectivity index (χ3n) is 5.03. The zero-order valence-electron chi connectivity index (χ0n) is 16.1. The van der Waals surface area contributed by atoms with Gasteiger partial charge in [0.05, 0.1) is 0 Å². The summed E-state index contributed by atoms with van der Waals surface area (Å²) >= 11 is 0. The normalized spacial score (nSPS) is 20.7. The second kappa shape index (κ2) is 8.01. The largest absolute Gasteiger partial charge is 0.346 e. The highest BCUT2D eigenvalue weighted by molar-refractivity contribution is 5.92. The van der Waals surface area contributed by atoms with E-state index < -0.39 is 0 Å². The number of carbonyl (C=O) groups excluding carboxylic acids is 1. The molecule has 1 aliphatic rings. The van der Waals surface area contributed by atoms with Gasteiger partial charge in [-0.25, -0.2) is 0 Å². The first-order valence-corrected chi connectivity index (χ1v) is 9.15. The van der Waals surface area contributed by atoms with Crippen LogP contribution in [0.15, 0.2) is 36.4 Å². The maximum absolute atomic E-state index is 12.6. The Kier molecular flexibility index (Phi) is 5.74. The minimum Gasteiger partial charge on any atom is -0.346 e. The van der Waals surface area contributed by atoms with Crippen LogP contribution in [-0.4, -0.2) is 65.3 Å². The Bertz CT molecular complexity index is 720. The average Bonchev–Trinajstić information content (AvgIpc) is 3.11. The van der Waals surface area contributed by atoms with Crippen molar-refractivity contribution in [3.63, 3.8) is 0 Å². The fourth-order valence-electron chi connectivity index (χ4n) is 3.66. The highest BCUT2D eigenvalue weighted by Crippen LogP contribution is 2.20. The van der Waals surface area contributed by atoms with E-state index in [4.69, 9.17) is 0 Å². The Morgan fingerprint density at radius 3 is 2.62 bits per heavy atom. The molecule has 0 spiro atoms. The summed E-state index contributed by atoms with van der Waals surface area (Å²) in [6.07, 6.45) is 0. The molecular weight excluding hydrogens is 326 g/mol. The Labute approximate surface area is 155 Å². The molecule has 140 valence electrons. The predicted octanol–water partition coefficient (Wildman–Crippen LogP) is 1.52. The zero-order chi connectivity index (χ0) is 18.7. The molecule has 3 rings (SSSR count). The highest BCUT2D eigenvalue weighted by Gasteiger charge is 2.34. The van der Waals surface area contributed by atoms with Crippen molar-refractivity contribution in [3.05, 3.63) is 53.3 Å². The molecule has 1 aromatic carbocycles. The van der Waals surface area contributed by atoms with E-state index in [1.54, 1.807) is 4.68 Å². The number of rotatable bonds is 6. The van der Waals surface area contributed by atoms with Gasteiger partial charge in [0.15, 0.2) is 0 Å². The number of aryl methyl sites for hydroxylation is 2. The lowest BCUT2D eigenvalue weighted by Gasteiger charge is -2.22. The number of aromatic nitrogens is 2. The Hall–Kier alpha value is -2.18. The van der Waals surface area contributed by atoms with Gasteiger partial charge in [0.25, 0.3) is 5.91 Å². The molecule has 6 nitrogen and oxygen atoms in total. The number of nitrogens with zero attached hydrogens (tertiary/aromatic N) is 4. The average molecular weight is 355 g/mol. The molecule has 2 atom stereocenters. The van der Waals surface area contributed by atoms with Gasteiger partial charge in [0.1, 0.15) is 5.69 Å². The first kappa shape index (κ1) is 18.6. The lowest BCUT2D eigenvalue weighted by molar-refractivity contribution is 0.0921. The highest BCUT2D eigenvalue weighted by atomic mass is 16.2. The third kappa shape index (κ3) is 4.51. The van der Waals surface area contributed by atoms with Gasteiger partial charge in [0, 0.05) is 50.9 Å². The minimum absolute atomic E-state index is 0.0796. The molecule has 0 saturated carbocycles. The number of benzene rings is 1. The van der Waals surface area contributed by atoms with Crippen molar-refractivity contribution < 1.29 is 4.79 Å². The molecule has 6 heteroatoms. The minimum atomic E-state index is -0.0796. The molecule has 1 aromatic heterocycles. The van der Waals surface area contributed by atoms with Crippen LogP contribution in [0.4, 0.5) is 0 Å². The molecule has 1 fully saturated rings. The maximum atomic E-state index is 12.6. The van der Waals surface area contributed by atoms with Crippen LogP contribution in [-0.2, 0) is 13.6 Å². The van der Waals surface area contributed by atoms with Crippen molar-refractivity contribution in [2.24, 2.45) is 13.0 Å². The van der Waals surface area contributed by atoms with Gasteiger partial charge >= 0.3 is 0 Å². The smallest absolute Gasteiger partial charge is 0.272 e. The molecule has 2 aromatic rings. The number of carbonyl (C=O) groups is 1. The van der Waals surface area contributed by atoms with Gasteiger partial charge in [-0.15, -0.1) is 0 Å². The zero-order valence-corrected chi connectivity index (χ0v) is 16.1. The molecule has 0 bridgehead atoms. The van der Waals surface area contributed by atoms with Crippen molar-refractivity contribution in [1.82, 2.24) is 24.9 Å². The number of amides is 1. The molecule has 1 aliphatic heterocycles. The van der Waals surface area contributed by atoms with E-state index in [2.05, 4.69) is 58.6 Å². The van der Waals surface area contributed by atoms with Gasteiger partial charge in [0.2, 0.25) is 0 Å². The molecule has 1 N–H and O–H groups in total. The maximum Gasteiger partial charge on any atom is 0.272 e. The van der Waals surface area contributed by atoms with Gasteiger partial charge in [-0.3, -0.25) is 14.4 Å². The van der Waals surface area contributed by atoms with Crippen molar-refractivity contribution in [3.8, 4) is 0 Å². The molecule has 0 radical (unpaired) electrons. The summed E-state index contributed by atoms with van der Waals surface area (Å²) in [6.45, 7) is 5.68. The summed E-state index contributed by atoms with van der Waals surface area (Å²) in [4.78, 5) is 17.3. The van der Waals surface area contributed by atoms with E-state index >= 15 is 0 Å². The number of hydrogen-bond acceptors (Lipinski definition) is 4. The summed E-state index contributed by atoms with van der Waals surface area (Å²) in [5, 5.41) is 7.53. The summed E-state index contributed by atoms with van der Waals surface area (Å²) in [7, 11) is 6.03. The van der Waals surface area contributed by atoms with Crippen LogP contribution in [0.1, 0.15) is 21.7 Å². The predicted molar refractivity (Wildman–Crippen MR) is 103 cm³/mol. The van der Waals surface area contributed by atoms with Gasteiger partial charge in [-0.1, -0.05) is 30.3 Å². The molecule has 1 saturated heterocycles. The van der Waals surface area contributed by atoms with Crippen molar-refractivity contribution in [2.45, 2.75) is 19.5 Å². The van der Waals surface area contributed by atoms with Crippen LogP contribution in [0, 0.1) is 12.8 Å². The summed E-state index contributed by atoms with van der Waals surface area (Å²) in [5.74, 6) is 0.325. The molecule has 0 aliphatic carbocycles. The van der Waals surface area contributed by atoms with Crippen LogP contribution in [0.25, 0.3) is 0 Å². The molecular formula is C20H29N5O. The standard InChI is InChI=1S/C20H29N5O/c1-15-10-18(22-24(15)4)20(26)21-19-14-25(13-17(19)12-23(2)3)11-16-8-6-5-7-9-16/h5-10,17,19H,11-14H2,1-4H3,(H,21,26)/t17-,19-/m1/s1. The molecule has 0 unspecified atom stereocenters.